The first kappa shape index (κ1) is 16.0. The number of benzene rings is 2. The van der Waals surface area contributed by atoms with Crippen LogP contribution in [0.3, 0.4) is 0 Å². The van der Waals surface area contributed by atoms with Gasteiger partial charge in [0.1, 0.15) is 17.5 Å². The summed E-state index contributed by atoms with van der Waals surface area (Å²) in [6.45, 7) is 0. The molecule has 1 amide bonds. The molecule has 0 radical (unpaired) electrons. The first-order valence-electron chi connectivity index (χ1n) is 6.14. The molecule has 110 valence electrons. The molecule has 0 heterocycles. The van der Waals surface area contributed by atoms with Gasteiger partial charge in [-0.05, 0) is 30.3 Å². The maximum absolute atomic E-state index is 13.6. The summed E-state index contributed by atoms with van der Waals surface area (Å²) in [4.78, 5) is 12.1. The van der Waals surface area contributed by atoms with Crippen LogP contribution >= 0.6 is 23.2 Å². The average Bonchev–Trinajstić information content (AvgIpc) is 2.50. The Kier molecular flexibility index (Phi) is 5.16. The third kappa shape index (κ3) is 3.85. The smallest absolute Gasteiger partial charge is 0.266 e. The maximum Gasteiger partial charge on any atom is 0.266 e. The van der Waals surface area contributed by atoms with Gasteiger partial charge in [-0.3, -0.25) is 4.79 Å². The largest absolute Gasteiger partial charge is 0.320 e. The number of hydrogen-bond donors (Lipinski definition) is 1. The normalized spacial score (nSPS) is 10.9. The molecule has 0 unspecified atom stereocenters. The maximum atomic E-state index is 13.6. The van der Waals surface area contributed by atoms with Crippen molar-refractivity contribution in [2.24, 2.45) is 0 Å². The zero-order valence-electron chi connectivity index (χ0n) is 11.1. The molecule has 0 aromatic heterocycles. The molecule has 2 rings (SSSR count). The molecule has 0 bridgehead atoms. The van der Waals surface area contributed by atoms with E-state index in [-0.39, 0.29) is 21.8 Å². The number of halogens is 3. The standard InChI is InChI=1S/C16H9Cl2FN2O/c17-12-5-6-13(18)15(8-12)21-16(22)11(9-20)7-10-3-1-2-4-14(10)19/h1-8H,(H,21,22)/b11-7+. The van der Waals surface area contributed by atoms with Crippen LogP contribution < -0.4 is 5.32 Å². The minimum Gasteiger partial charge on any atom is -0.320 e. The highest BCUT2D eigenvalue weighted by Crippen LogP contribution is 2.26. The molecule has 0 spiro atoms. The third-order valence-corrected chi connectivity index (χ3v) is 3.31. The predicted molar refractivity (Wildman–Crippen MR) is 85.1 cm³/mol. The fourth-order valence-electron chi connectivity index (χ4n) is 1.68. The molecule has 2 aromatic rings. The Morgan fingerprint density at radius 2 is 1.95 bits per heavy atom. The Morgan fingerprint density at radius 3 is 2.64 bits per heavy atom. The van der Waals surface area contributed by atoms with Gasteiger partial charge in [0.25, 0.3) is 5.91 Å². The van der Waals surface area contributed by atoms with Crippen LogP contribution in [0.25, 0.3) is 6.08 Å². The van der Waals surface area contributed by atoms with Crippen molar-refractivity contribution in [3.63, 3.8) is 0 Å². The Hall–Kier alpha value is -2.35. The van der Waals surface area contributed by atoms with Gasteiger partial charge in [0, 0.05) is 10.6 Å². The van der Waals surface area contributed by atoms with Crippen LogP contribution in [0.2, 0.25) is 10.0 Å². The van der Waals surface area contributed by atoms with Crippen LogP contribution in [-0.2, 0) is 4.79 Å². The van der Waals surface area contributed by atoms with Gasteiger partial charge in [-0.1, -0.05) is 41.4 Å². The summed E-state index contributed by atoms with van der Waals surface area (Å²) >= 11 is 11.8. The summed E-state index contributed by atoms with van der Waals surface area (Å²) in [5, 5.41) is 12.2. The number of rotatable bonds is 3. The van der Waals surface area contributed by atoms with Crippen molar-refractivity contribution in [3.05, 3.63) is 69.5 Å². The van der Waals surface area contributed by atoms with E-state index in [1.165, 1.54) is 36.4 Å². The minimum absolute atomic E-state index is 0.145. The Balaban J connectivity index is 2.29. The van der Waals surface area contributed by atoms with Crippen molar-refractivity contribution in [2.75, 3.05) is 5.32 Å². The zero-order chi connectivity index (χ0) is 16.1. The first-order valence-corrected chi connectivity index (χ1v) is 6.89. The Labute approximate surface area is 136 Å². The van der Waals surface area contributed by atoms with Crippen LogP contribution in [0.4, 0.5) is 10.1 Å². The SMILES string of the molecule is N#C/C(=C\c1ccccc1F)C(=O)Nc1cc(Cl)ccc1Cl. The van der Waals surface area contributed by atoms with Crippen molar-refractivity contribution in [2.45, 2.75) is 0 Å². The Bertz CT molecular complexity index is 797. The van der Waals surface area contributed by atoms with Gasteiger partial charge in [0.05, 0.1) is 10.7 Å². The van der Waals surface area contributed by atoms with E-state index >= 15 is 0 Å². The number of carbonyl (C=O) groups is 1. The van der Waals surface area contributed by atoms with Crippen LogP contribution in [0, 0.1) is 17.1 Å². The van der Waals surface area contributed by atoms with Crippen molar-refractivity contribution >= 4 is 40.9 Å². The number of hydrogen-bond acceptors (Lipinski definition) is 2. The van der Waals surface area contributed by atoms with E-state index in [1.54, 1.807) is 18.2 Å². The molecular formula is C16H9Cl2FN2O. The summed E-state index contributed by atoms with van der Waals surface area (Å²) in [6, 6.07) is 12.1. The molecule has 0 aliphatic carbocycles. The van der Waals surface area contributed by atoms with E-state index in [2.05, 4.69) is 5.32 Å². The fraction of sp³-hybridized carbons (Fsp3) is 0. The van der Waals surface area contributed by atoms with E-state index in [1.807, 2.05) is 0 Å². The van der Waals surface area contributed by atoms with E-state index in [0.717, 1.165) is 0 Å². The molecule has 0 fully saturated rings. The molecule has 3 nitrogen and oxygen atoms in total. The van der Waals surface area contributed by atoms with E-state index in [0.29, 0.717) is 5.02 Å². The average molecular weight is 335 g/mol. The molecule has 1 N–H and O–H groups in total. The van der Waals surface area contributed by atoms with Gasteiger partial charge in [0.2, 0.25) is 0 Å². The third-order valence-electron chi connectivity index (χ3n) is 2.75. The van der Waals surface area contributed by atoms with E-state index in [9.17, 15) is 9.18 Å². The van der Waals surface area contributed by atoms with E-state index < -0.39 is 11.7 Å². The lowest BCUT2D eigenvalue weighted by atomic mass is 10.1. The molecule has 0 aliphatic heterocycles. The van der Waals surface area contributed by atoms with Crippen LogP contribution in [0.15, 0.2) is 48.0 Å². The van der Waals surface area contributed by atoms with Crippen molar-refractivity contribution in [1.29, 1.82) is 5.26 Å². The lowest BCUT2D eigenvalue weighted by Crippen LogP contribution is -2.13. The summed E-state index contributed by atoms with van der Waals surface area (Å²) in [7, 11) is 0. The van der Waals surface area contributed by atoms with Crippen LogP contribution in [0.1, 0.15) is 5.56 Å². The first-order chi connectivity index (χ1) is 10.5. The predicted octanol–water partition coefficient (Wildman–Crippen LogP) is 4.68. The van der Waals surface area contributed by atoms with Crippen LogP contribution in [0.5, 0.6) is 0 Å². The summed E-state index contributed by atoms with van der Waals surface area (Å²) in [5.74, 6) is -1.22. The van der Waals surface area contributed by atoms with Gasteiger partial charge >= 0.3 is 0 Å². The minimum atomic E-state index is -0.699. The number of anilines is 1. The fourth-order valence-corrected chi connectivity index (χ4v) is 2.02. The summed E-state index contributed by atoms with van der Waals surface area (Å²) in [6.07, 6.45) is 1.17. The van der Waals surface area contributed by atoms with Crippen LogP contribution in [-0.4, -0.2) is 5.91 Å². The number of nitrogens with zero attached hydrogens (tertiary/aromatic N) is 1. The molecule has 0 aliphatic rings. The number of amides is 1. The summed E-state index contributed by atoms with van der Waals surface area (Å²) < 4.78 is 13.6. The van der Waals surface area contributed by atoms with Gasteiger partial charge in [-0.25, -0.2) is 4.39 Å². The number of nitrogens with one attached hydrogen (secondary N) is 1. The lowest BCUT2D eigenvalue weighted by Gasteiger charge is -2.07. The number of nitriles is 1. The lowest BCUT2D eigenvalue weighted by molar-refractivity contribution is -0.112. The second kappa shape index (κ2) is 7.08. The zero-order valence-corrected chi connectivity index (χ0v) is 12.6. The topological polar surface area (TPSA) is 52.9 Å². The van der Waals surface area contributed by atoms with Gasteiger partial charge in [-0.15, -0.1) is 0 Å². The van der Waals surface area contributed by atoms with Crippen molar-refractivity contribution < 1.29 is 9.18 Å². The highest BCUT2D eigenvalue weighted by atomic mass is 35.5. The van der Waals surface area contributed by atoms with Gasteiger partial charge in [0.15, 0.2) is 0 Å². The molecule has 6 heteroatoms. The monoisotopic (exact) mass is 334 g/mol. The highest BCUT2D eigenvalue weighted by Gasteiger charge is 2.12. The summed E-state index contributed by atoms with van der Waals surface area (Å²) in [5.41, 5.74) is 0.168. The molecule has 0 saturated carbocycles. The second-order valence-corrected chi connectivity index (χ2v) is 5.11. The van der Waals surface area contributed by atoms with E-state index in [4.69, 9.17) is 28.5 Å². The highest BCUT2D eigenvalue weighted by molar-refractivity contribution is 6.36. The Morgan fingerprint density at radius 1 is 1.23 bits per heavy atom. The molecule has 0 saturated heterocycles. The van der Waals surface area contributed by atoms with Crippen molar-refractivity contribution in [3.8, 4) is 6.07 Å². The quantitative estimate of drug-likeness (QED) is 0.654. The molecule has 0 atom stereocenters. The second-order valence-electron chi connectivity index (χ2n) is 4.27. The van der Waals surface area contributed by atoms with Gasteiger partial charge < -0.3 is 5.32 Å². The van der Waals surface area contributed by atoms with Gasteiger partial charge in [-0.2, -0.15) is 5.26 Å². The molecule has 2 aromatic carbocycles. The molecule has 22 heavy (non-hydrogen) atoms. The van der Waals surface area contributed by atoms with Crippen molar-refractivity contribution in [1.82, 2.24) is 0 Å². The molecular weight excluding hydrogens is 326 g/mol. The number of carbonyl (C=O) groups excluding carboxylic acids is 1.